The topological polar surface area (TPSA) is 17.1 Å². The average Bonchev–Trinajstić information content (AvgIpc) is 2.66. The second-order valence-electron chi connectivity index (χ2n) is 9.32. The molecule has 2 aromatic carbocycles. The maximum Gasteiger partial charge on any atom is 0.185 e. The van der Waals surface area contributed by atoms with Gasteiger partial charge in [-0.1, -0.05) is 41.4 Å². The van der Waals surface area contributed by atoms with Gasteiger partial charge in [-0.2, -0.15) is 0 Å². The van der Waals surface area contributed by atoms with Crippen LogP contribution in [0.4, 0.5) is 0 Å². The van der Waals surface area contributed by atoms with E-state index in [2.05, 4.69) is 18.2 Å². The summed E-state index contributed by atoms with van der Waals surface area (Å²) in [7, 11) is 0. The number of allylic oxidation sites excluding steroid dienone is 2. The Morgan fingerprint density at radius 3 is 2.04 bits per heavy atom. The molecule has 0 radical (unpaired) electrons. The van der Waals surface area contributed by atoms with Crippen LogP contribution >= 0.6 is 23.2 Å². The van der Waals surface area contributed by atoms with Crippen molar-refractivity contribution in [3.63, 3.8) is 0 Å². The van der Waals surface area contributed by atoms with Crippen LogP contribution in [0.2, 0.25) is 10.0 Å². The predicted molar refractivity (Wildman–Crippen MR) is 115 cm³/mol. The molecule has 4 fully saturated rings. The summed E-state index contributed by atoms with van der Waals surface area (Å²) < 4.78 is 0. The monoisotopic (exact) mass is 410 g/mol. The first-order valence-electron chi connectivity index (χ1n) is 10.2. The predicted octanol–water partition coefficient (Wildman–Crippen LogP) is 7.27. The maximum atomic E-state index is 12.7. The largest absolute Gasteiger partial charge is 0.289 e. The molecule has 0 N–H and O–H groups in total. The maximum absolute atomic E-state index is 12.7. The molecule has 0 heterocycles. The van der Waals surface area contributed by atoms with Crippen LogP contribution in [0.5, 0.6) is 0 Å². The molecule has 144 valence electrons. The first-order valence-corrected chi connectivity index (χ1v) is 11.0. The van der Waals surface area contributed by atoms with Crippen molar-refractivity contribution in [3.05, 3.63) is 81.9 Å². The van der Waals surface area contributed by atoms with Crippen LogP contribution in [0.15, 0.2) is 60.7 Å². The van der Waals surface area contributed by atoms with E-state index >= 15 is 0 Å². The lowest BCUT2D eigenvalue weighted by Crippen LogP contribution is -2.53. The third kappa shape index (κ3) is 3.23. The van der Waals surface area contributed by atoms with Gasteiger partial charge in [0.05, 0.1) is 0 Å². The third-order valence-electron chi connectivity index (χ3n) is 7.28. The number of halogens is 2. The number of carbonyl (C=O) groups is 1. The molecule has 0 aromatic heterocycles. The van der Waals surface area contributed by atoms with E-state index in [0.717, 1.165) is 23.3 Å². The first kappa shape index (κ1) is 18.5. The van der Waals surface area contributed by atoms with Gasteiger partial charge in [0.1, 0.15) is 0 Å². The van der Waals surface area contributed by atoms with E-state index in [0.29, 0.717) is 10.6 Å². The molecular weight excluding hydrogens is 387 g/mol. The number of ketones is 1. The fraction of sp³-hybridized carbons (Fsp3) is 0.400. The Morgan fingerprint density at radius 2 is 1.43 bits per heavy atom. The molecule has 1 nitrogen and oxygen atoms in total. The fourth-order valence-corrected chi connectivity index (χ4v) is 6.88. The highest BCUT2D eigenvalue weighted by Crippen LogP contribution is 2.66. The van der Waals surface area contributed by atoms with Crippen LogP contribution in [0.3, 0.4) is 0 Å². The Hall–Kier alpha value is -1.57. The highest BCUT2D eigenvalue weighted by molar-refractivity contribution is 6.30. The summed E-state index contributed by atoms with van der Waals surface area (Å²) in [5, 5.41) is 1.46. The fourth-order valence-electron chi connectivity index (χ4n) is 6.63. The third-order valence-corrected chi connectivity index (χ3v) is 7.78. The zero-order valence-corrected chi connectivity index (χ0v) is 17.3. The van der Waals surface area contributed by atoms with Gasteiger partial charge in [-0.15, -0.1) is 0 Å². The molecule has 4 aliphatic carbocycles. The van der Waals surface area contributed by atoms with Gasteiger partial charge < -0.3 is 0 Å². The quantitative estimate of drug-likeness (QED) is 0.382. The van der Waals surface area contributed by atoms with Gasteiger partial charge in [-0.25, -0.2) is 0 Å². The summed E-state index contributed by atoms with van der Waals surface area (Å²) in [4.78, 5) is 12.7. The Labute approximate surface area is 176 Å². The molecule has 0 spiro atoms. The Bertz CT molecular complexity index is 912. The van der Waals surface area contributed by atoms with E-state index in [1.165, 1.54) is 37.7 Å². The summed E-state index contributed by atoms with van der Waals surface area (Å²) in [5.41, 5.74) is 2.55. The summed E-state index contributed by atoms with van der Waals surface area (Å²) in [6.07, 6.45) is 11.6. The molecular formula is C25H24Cl2O. The smallest absolute Gasteiger partial charge is 0.185 e. The lowest BCUT2D eigenvalue weighted by atomic mass is 9.43. The second-order valence-corrected chi connectivity index (χ2v) is 10.2. The van der Waals surface area contributed by atoms with Crippen molar-refractivity contribution >= 4 is 29.0 Å². The Kier molecular flexibility index (Phi) is 4.45. The molecule has 3 heteroatoms. The SMILES string of the molecule is O=C(C=CC12CC3CC(C1)CC(c1ccc(Cl)cc1)(C3)C2)c1ccc(Cl)cc1. The standard InChI is InChI=1S/C25H24Cl2O/c26-21-5-1-19(2-6-21)23(28)9-10-24-12-17-11-18(13-24)15-25(14-17,16-24)20-3-7-22(27)8-4-20/h1-10,17-18H,11-16H2. The summed E-state index contributed by atoms with van der Waals surface area (Å²) in [6, 6.07) is 15.7. The van der Waals surface area contributed by atoms with Crippen LogP contribution in [0, 0.1) is 17.3 Å². The van der Waals surface area contributed by atoms with E-state index in [-0.39, 0.29) is 16.6 Å². The van der Waals surface area contributed by atoms with E-state index in [1.807, 2.05) is 30.3 Å². The van der Waals surface area contributed by atoms with Crippen molar-refractivity contribution in [1.82, 2.24) is 0 Å². The van der Waals surface area contributed by atoms with Crippen LogP contribution in [-0.2, 0) is 5.41 Å². The normalized spacial score (nSPS) is 33.5. The Balaban J connectivity index is 1.44. The molecule has 2 aromatic rings. The lowest BCUT2D eigenvalue weighted by molar-refractivity contribution is -0.0455. The van der Waals surface area contributed by atoms with Gasteiger partial charge in [-0.3, -0.25) is 4.79 Å². The van der Waals surface area contributed by atoms with Gasteiger partial charge in [0.25, 0.3) is 0 Å². The highest BCUT2D eigenvalue weighted by atomic mass is 35.5. The molecule has 6 rings (SSSR count). The van der Waals surface area contributed by atoms with Crippen molar-refractivity contribution in [1.29, 1.82) is 0 Å². The highest BCUT2D eigenvalue weighted by Gasteiger charge is 2.57. The summed E-state index contributed by atoms with van der Waals surface area (Å²) in [5.74, 6) is 1.62. The molecule has 0 aliphatic heterocycles. The van der Waals surface area contributed by atoms with Gasteiger partial charge >= 0.3 is 0 Å². The number of hydrogen-bond donors (Lipinski definition) is 0. The molecule has 4 saturated carbocycles. The summed E-state index contributed by atoms with van der Waals surface area (Å²) in [6.45, 7) is 0. The molecule has 4 aliphatic rings. The second kappa shape index (κ2) is 6.75. The van der Waals surface area contributed by atoms with E-state index < -0.39 is 0 Å². The van der Waals surface area contributed by atoms with E-state index in [1.54, 1.807) is 12.1 Å². The number of rotatable bonds is 4. The minimum absolute atomic E-state index is 0.0768. The van der Waals surface area contributed by atoms with Gasteiger partial charge in [0.2, 0.25) is 0 Å². The molecule has 2 unspecified atom stereocenters. The minimum atomic E-state index is 0.0768. The van der Waals surface area contributed by atoms with Crippen molar-refractivity contribution in [2.75, 3.05) is 0 Å². The van der Waals surface area contributed by atoms with Crippen LogP contribution in [-0.4, -0.2) is 5.78 Å². The number of hydrogen-bond acceptors (Lipinski definition) is 1. The summed E-state index contributed by atoms with van der Waals surface area (Å²) >= 11 is 12.1. The van der Waals surface area contributed by atoms with Gasteiger partial charge in [0, 0.05) is 15.6 Å². The van der Waals surface area contributed by atoms with E-state index in [4.69, 9.17) is 23.2 Å². The zero-order chi connectivity index (χ0) is 19.4. The number of carbonyl (C=O) groups excluding carboxylic acids is 1. The van der Waals surface area contributed by atoms with Crippen LogP contribution in [0.1, 0.15) is 54.4 Å². The molecule has 4 bridgehead atoms. The van der Waals surface area contributed by atoms with Crippen LogP contribution < -0.4 is 0 Å². The van der Waals surface area contributed by atoms with Crippen molar-refractivity contribution in [3.8, 4) is 0 Å². The first-order chi connectivity index (χ1) is 13.5. The average molecular weight is 411 g/mol. The molecule has 0 saturated heterocycles. The Morgan fingerprint density at radius 1 is 0.857 bits per heavy atom. The molecule has 2 atom stereocenters. The zero-order valence-electron chi connectivity index (χ0n) is 15.8. The minimum Gasteiger partial charge on any atom is -0.289 e. The van der Waals surface area contributed by atoms with Crippen molar-refractivity contribution in [2.24, 2.45) is 17.3 Å². The van der Waals surface area contributed by atoms with Gasteiger partial charge in [-0.05, 0) is 109 Å². The number of benzene rings is 2. The van der Waals surface area contributed by atoms with Gasteiger partial charge in [0.15, 0.2) is 5.78 Å². The van der Waals surface area contributed by atoms with Crippen molar-refractivity contribution < 1.29 is 4.79 Å². The molecule has 0 amide bonds. The lowest BCUT2D eigenvalue weighted by Gasteiger charge is -2.62. The van der Waals surface area contributed by atoms with Crippen molar-refractivity contribution in [2.45, 2.75) is 43.9 Å². The molecule has 28 heavy (non-hydrogen) atoms. The van der Waals surface area contributed by atoms with E-state index in [9.17, 15) is 4.79 Å². The van der Waals surface area contributed by atoms with Crippen LogP contribution in [0.25, 0.3) is 0 Å².